The Labute approximate surface area is 131 Å². The zero-order valence-corrected chi connectivity index (χ0v) is 13.0. The van der Waals surface area contributed by atoms with Gasteiger partial charge in [0.2, 0.25) is 0 Å². The molecule has 0 atom stereocenters. The Morgan fingerprint density at radius 1 is 1.27 bits per heavy atom. The van der Waals surface area contributed by atoms with Gasteiger partial charge in [-0.1, -0.05) is 11.4 Å². The molecule has 7 nitrogen and oxygen atoms in total. The van der Waals surface area contributed by atoms with Gasteiger partial charge >= 0.3 is 5.97 Å². The monoisotopic (exact) mass is 321 g/mol. The van der Waals surface area contributed by atoms with Crippen LogP contribution in [0.4, 0.5) is 5.69 Å². The van der Waals surface area contributed by atoms with Gasteiger partial charge in [0.25, 0.3) is 5.91 Å². The zero-order chi connectivity index (χ0) is 15.9. The molecule has 22 heavy (non-hydrogen) atoms. The SMILES string of the molecule is CCc1nnsc1C(=O)OCC(=O)Nc1ccc(OC)cc1. The predicted octanol–water partition coefficient (Wildman–Crippen LogP) is 1.90. The first-order chi connectivity index (χ1) is 10.6. The lowest BCUT2D eigenvalue weighted by atomic mass is 10.3. The molecule has 0 aliphatic heterocycles. The maximum absolute atomic E-state index is 11.8. The maximum atomic E-state index is 11.8. The van der Waals surface area contributed by atoms with Crippen LogP contribution in [0.15, 0.2) is 24.3 Å². The van der Waals surface area contributed by atoms with Gasteiger partial charge in [-0.25, -0.2) is 4.79 Å². The van der Waals surface area contributed by atoms with Gasteiger partial charge in [0.1, 0.15) is 5.75 Å². The van der Waals surface area contributed by atoms with Gasteiger partial charge < -0.3 is 14.8 Å². The van der Waals surface area contributed by atoms with Crippen molar-refractivity contribution in [2.24, 2.45) is 0 Å². The minimum atomic E-state index is -0.586. The summed E-state index contributed by atoms with van der Waals surface area (Å²) in [5, 5.41) is 6.45. The summed E-state index contributed by atoms with van der Waals surface area (Å²) in [6, 6.07) is 6.83. The molecule has 1 heterocycles. The van der Waals surface area contributed by atoms with E-state index in [1.807, 2.05) is 6.92 Å². The summed E-state index contributed by atoms with van der Waals surface area (Å²) in [4.78, 5) is 23.9. The number of ether oxygens (including phenoxy) is 2. The van der Waals surface area contributed by atoms with E-state index in [0.717, 1.165) is 11.5 Å². The van der Waals surface area contributed by atoms with E-state index in [0.29, 0.717) is 28.4 Å². The molecular formula is C14H15N3O4S. The first kappa shape index (κ1) is 15.9. The van der Waals surface area contributed by atoms with Crippen molar-refractivity contribution in [1.29, 1.82) is 0 Å². The van der Waals surface area contributed by atoms with E-state index < -0.39 is 11.9 Å². The number of methoxy groups -OCH3 is 1. The first-order valence-corrected chi connectivity index (χ1v) is 7.33. The topological polar surface area (TPSA) is 90.4 Å². The molecule has 116 valence electrons. The second kappa shape index (κ2) is 7.51. The highest BCUT2D eigenvalue weighted by Crippen LogP contribution is 2.15. The molecule has 0 radical (unpaired) electrons. The molecule has 1 aromatic carbocycles. The molecule has 0 saturated heterocycles. The van der Waals surface area contributed by atoms with Crippen LogP contribution in [0.3, 0.4) is 0 Å². The third kappa shape index (κ3) is 4.01. The standard InChI is InChI=1S/C14H15N3O4S/c1-3-11-13(22-17-16-11)14(19)21-8-12(18)15-9-4-6-10(20-2)7-5-9/h4-7H,3,8H2,1-2H3,(H,15,18). The van der Waals surface area contributed by atoms with Gasteiger partial charge in [0.05, 0.1) is 12.8 Å². The number of aryl methyl sites for hydroxylation is 1. The van der Waals surface area contributed by atoms with Crippen molar-refractivity contribution in [3.63, 3.8) is 0 Å². The largest absolute Gasteiger partial charge is 0.497 e. The molecule has 8 heteroatoms. The lowest BCUT2D eigenvalue weighted by molar-refractivity contribution is -0.119. The van der Waals surface area contributed by atoms with Crippen LogP contribution in [0.5, 0.6) is 5.75 Å². The molecule has 0 saturated carbocycles. The summed E-state index contributed by atoms with van der Waals surface area (Å²) in [6.45, 7) is 1.50. The Balaban J connectivity index is 1.85. The number of hydrogen-bond donors (Lipinski definition) is 1. The second-order valence-electron chi connectivity index (χ2n) is 4.26. The van der Waals surface area contributed by atoms with E-state index in [1.54, 1.807) is 31.4 Å². The third-order valence-corrected chi connectivity index (χ3v) is 3.53. The van der Waals surface area contributed by atoms with Crippen molar-refractivity contribution < 1.29 is 19.1 Å². The van der Waals surface area contributed by atoms with Crippen LogP contribution < -0.4 is 10.1 Å². The number of hydrogen-bond acceptors (Lipinski definition) is 7. The lowest BCUT2D eigenvalue weighted by Crippen LogP contribution is -2.21. The van der Waals surface area contributed by atoms with E-state index in [-0.39, 0.29) is 6.61 Å². The molecule has 0 unspecified atom stereocenters. The molecule has 0 fully saturated rings. The summed E-state index contributed by atoms with van der Waals surface area (Å²) in [5.74, 6) is -0.319. The average Bonchev–Trinajstić information content (AvgIpc) is 3.02. The highest BCUT2D eigenvalue weighted by atomic mass is 32.1. The van der Waals surface area contributed by atoms with Crippen LogP contribution in [-0.2, 0) is 16.0 Å². The number of carbonyl (C=O) groups excluding carboxylic acids is 2. The summed E-state index contributed by atoms with van der Waals surface area (Å²) in [7, 11) is 1.56. The molecule has 0 spiro atoms. The number of rotatable bonds is 6. The second-order valence-corrected chi connectivity index (χ2v) is 5.01. The quantitative estimate of drug-likeness (QED) is 0.817. The lowest BCUT2D eigenvalue weighted by Gasteiger charge is -2.07. The molecule has 0 bridgehead atoms. The fraction of sp³-hybridized carbons (Fsp3) is 0.286. The number of anilines is 1. The molecule has 0 aliphatic carbocycles. The third-order valence-electron chi connectivity index (χ3n) is 2.78. The van der Waals surface area contributed by atoms with Crippen LogP contribution in [0.25, 0.3) is 0 Å². The van der Waals surface area contributed by atoms with Crippen molar-refractivity contribution in [3.05, 3.63) is 34.8 Å². The number of amides is 1. The van der Waals surface area contributed by atoms with E-state index >= 15 is 0 Å². The molecule has 2 rings (SSSR count). The number of nitrogens with zero attached hydrogens (tertiary/aromatic N) is 2. The fourth-order valence-corrected chi connectivity index (χ4v) is 2.31. The fourth-order valence-electron chi connectivity index (χ4n) is 1.66. The normalized spacial score (nSPS) is 10.1. The van der Waals surface area contributed by atoms with Crippen molar-refractivity contribution in [2.45, 2.75) is 13.3 Å². The van der Waals surface area contributed by atoms with E-state index in [1.165, 1.54) is 0 Å². The Bertz CT molecular complexity index is 654. The Morgan fingerprint density at radius 2 is 2.00 bits per heavy atom. The summed E-state index contributed by atoms with van der Waals surface area (Å²) in [5.41, 5.74) is 1.17. The summed E-state index contributed by atoms with van der Waals surface area (Å²) >= 11 is 0.961. The minimum absolute atomic E-state index is 0.333. The summed E-state index contributed by atoms with van der Waals surface area (Å²) in [6.07, 6.45) is 0.582. The van der Waals surface area contributed by atoms with Crippen molar-refractivity contribution in [1.82, 2.24) is 9.59 Å². The maximum Gasteiger partial charge on any atom is 0.352 e. The predicted molar refractivity (Wildman–Crippen MR) is 81.2 cm³/mol. The van der Waals surface area contributed by atoms with Gasteiger partial charge in [-0.3, -0.25) is 4.79 Å². The Hall–Kier alpha value is -2.48. The van der Waals surface area contributed by atoms with Gasteiger partial charge in [-0.05, 0) is 42.2 Å². The van der Waals surface area contributed by atoms with Crippen molar-refractivity contribution in [2.75, 3.05) is 19.0 Å². The zero-order valence-electron chi connectivity index (χ0n) is 12.2. The highest BCUT2D eigenvalue weighted by molar-refractivity contribution is 7.07. The Kier molecular flexibility index (Phi) is 5.42. The molecule has 1 aromatic heterocycles. The van der Waals surface area contributed by atoms with Gasteiger partial charge in [0.15, 0.2) is 11.5 Å². The van der Waals surface area contributed by atoms with Crippen LogP contribution in [0.2, 0.25) is 0 Å². The average molecular weight is 321 g/mol. The number of carbonyl (C=O) groups is 2. The van der Waals surface area contributed by atoms with Gasteiger partial charge in [0, 0.05) is 5.69 Å². The van der Waals surface area contributed by atoms with E-state index in [9.17, 15) is 9.59 Å². The molecule has 1 amide bonds. The van der Waals surface area contributed by atoms with E-state index in [2.05, 4.69) is 14.9 Å². The number of aromatic nitrogens is 2. The number of nitrogens with one attached hydrogen (secondary N) is 1. The minimum Gasteiger partial charge on any atom is -0.497 e. The number of esters is 1. The summed E-state index contributed by atoms with van der Waals surface area (Å²) < 4.78 is 13.7. The van der Waals surface area contributed by atoms with Gasteiger partial charge in [-0.15, -0.1) is 5.10 Å². The van der Waals surface area contributed by atoms with Crippen LogP contribution in [-0.4, -0.2) is 35.2 Å². The van der Waals surface area contributed by atoms with E-state index in [4.69, 9.17) is 9.47 Å². The van der Waals surface area contributed by atoms with Crippen molar-refractivity contribution in [3.8, 4) is 5.75 Å². The van der Waals surface area contributed by atoms with Crippen LogP contribution >= 0.6 is 11.5 Å². The first-order valence-electron chi connectivity index (χ1n) is 6.56. The Morgan fingerprint density at radius 3 is 2.64 bits per heavy atom. The molecule has 2 aromatic rings. The highest BCUT2D eigenvalue weighted by Gasteiger charge is 2.17. The van der Waals surface area contributed by atoms with Crippen LogP contribution in [0, 0.1) is 0 Å². The van der Waals surface area contributed by atoms with Crippen molar-refractivity contribution >= 4 is 29.1 Å². The molecule has 0 aliphatic rings. The molecular weight excluding hydrogens is 306 g/mol. The number of benzene rings is 1. The molecule has 1 N–H and O–H groups in total. The van der Waals surface area contributed by atoms with Gasteiger partial charge in [-0.2, -0.15) is 0 Å². The van der Waals surface area contributed by atoms with Crippen LogP contribution in [0.1, 0.15) is 22.3 Å². The smallest absolute Gasteiger partial charge is 0.352 e.